The average molecular weight is 425 g/mol. The Morgan fingerprint density at radius 3 is 2.35 bits per heavy atom. The van der Waals surface area contributed by atoms with Gasteiger partial charge in [-0.05, 0) is 50.1 Å². The van der Waals surface area contributed by atoms with Crippen molar-refractivity contribution in [2.75, 3.05) is 11.5 Å². The lowest BCUT2D eigenvalue weighted by atomic mass is 10.0. The normalized spacial score (nSPS) is 15.3. The van der Waals surface area contributed by atoms with Crippen LogP contribution in [-0.2, 0) is 9.59 Å². The molecule has 0 bridgehead atoms. The molecule has 4 amide bonds. The number of anilines is 1. The molecule has 0 radical (unpaired) electrons. The van der Waals surface area contributed by atoms with Gasteiger partial charge in [0, 0.05) is 11.6 Å². The van der Waals surface area contributed by atoms with Crippen LogP contribution in [0.1, 0.15) is 23.6 Å². The number of barbiturate groups is 1. The predicted octanol–water partition coefficient (Wildman–Crippen LogP) is 2.98. The summed E-state index contributed by atoms with van der Waals surface area (Å²) < 4.78 is 5.21. The number of non-ortho nitro benzene ring substituents is 1. The Kier molecular flexibility index (Phi) is 5.73. The molecule has 3 rings (SSSR count). The van der Waals surface area contributed by atoms with Crippen molar-refractivity contribution in [3.05, 3.63) is 62.7 Å². The van der Waals surface area contributed by atoms with Crippen LogP contribution in [0.15, 0.2) is 35.9 Å². The molecule has 0 spiro atoms. The lowest BCUT2D eigenvalue weighted by Crippen LogP contribution is -2.54. The first-order chi connectivity index (χ1) is 14.6. The Hall–Kier alpha value is -4.21. The summed E-state index contributed by atoms with van der Waals surface area (Å²) in [5.74, 6) is -2.56. The van der Waals surface area contributed by atoms with Crippen LogP contribution in [0.4, 0.5) is 16.2 Å². The second kappa shape index (κ2) is 8.27. The average Bonchev–Trinajstić information content (AvgIpc) is 2.66. The first-order valence-corrected chi connectivity index (χ1v) is 9.26. The number of carbonyl (C=O) groups excluding carboxylic acids is 3. The molecule has 1 fully saturated rings. The van der Waals surface area contributed by atoms with Gasteiger partial charge in [-0.1, -0.05) is 6.07 Å². The number of ether oxygens (including phenoxy) is 1. The molecule has 10 heteroatoms. The molecule has 0 saturated carbocycles. The Balaban J connectivity index is 2.13. The third-order valence-corrected chi connectivity index (χ3v) is 4.47. The van der Waals surface area contributed by atoms with Gasteiger partial charge < -0.3 is 9.84 Å². The third-order valence-electron chi connectivity index (χ3n) is 4.47. The molecule has 31 heavy (non-hydrogen) atoms. The second-order valence-electron chi connectivity index (χ2n) is 6.88. The minimum Gasteiger partial charge on any atom is -0.504 e. The summed E-state index contributed by atoms with van der Waals surface area (Å²) >= 11 is 0. The van der Waals surface area contributed by atoms with Gasteiger partial charge in [0.2, 0.25) is 0 Å². The fourth-order valence-corrected chi connectivity index (χ4v) is 3.22. The van der Waals surface area contributed by atoms with Crippen LogP contribution in [0.3, 0.4) is 0 Å². The first-order valence-electron chi connectivity index (χ1n) is 9.26. The van der Waals surface area contributed by atoms with Gasteiger partial charge in [0.15, 0.2) is 11.5 Å². The Morgan fingerprint density at radius 2 is 1.77 bits per heavy atom. The molecule has 2 aromatic rings. The number of nitrogens with one attached hydrogen (secondary N) is 1. The van der Waals surface area contributed by atoms with E-state index >= 15 is 0 Å². The third kappa shape index (κ3) is 4.22. The number of phenols is 1. The van der Waals surface area contributed by atoms with E-state index in [0.29, 0.717) is 0 Å². The summed E-state index contributed by atoms with van der Waals surface area (Å²) in [4.78, 5) is 49.1. The molecular formula is C21H19N3O7. The summed E-state index contributed by atoms with van der Waals surface area (Å²) in [7, 11) is 0. The fraction of sp³-hybridized carbons (Fsp3) is 0.190. The molecule has 0 unspecified atom stereocenters. The molecule has 0 aromatic heterocycles. The summed E-state index contributed by atoms with van der Waals surface area (Å²) in [5.41, 5.74) is 0.810. The van der Waals surface area contributed by atoms with Crippen molar-refractivity contribution >= 4 is 35.3 Å². The highest BCUT2D eigenvalue weighted by Gasteiger charge is 2.37. The van der Waals surface area contributed by atoms with Crippen LogP contribution in [0.5, 0.6) is 11.5 Å². The van der Waals surface area contributed by atoms with E-state index in [0.717, 1.165) is 34.2 Å². The number of amides is 4. The highest BCUT2D eigenvalue weighted by Crippen LogP contribution is 2.36. The van der Waals surface area contributed by atoms with Crippen LogP contribution in [-0.4, -0.2) is 34.5 Å². The Morgan fingerprint density at radius 1 is 1.13 bits per heavy atom. The van der Waals surface area contributed by atoms with E-state index in [-0.39, 0.29) is 23.6 Å². The zero-order valence-electron chi connectivity index (χ0n) is 17.0. The van der Waals surface area contributed by atoms with E-state index in [9.17, 15) is 29.6 Å². The summed E-state index contributed by atoms with van der Waals surface area (Å²) in [6.07, 6.45) is 0.991. The number of hydrogen-bond acceptors (Lipinski definition) is 7. The van der Waals surface area contributed by atoms with Crippen molar-refractivity contribution in [2.45, 2.75) is 20.8 Å². The molecule has 2 N–H and O–H groups in total. The maximum atomic E-state index is 13.0. The Bertz CT molecular complexity index is 1130. The Labute approximate surface area is 176 Å². The second-order valence-corrected chi connectivity index (χ2v) is 6.88. The number of rotatable bonds is 5. The zero-order valence-corrected chi connectivity index (χ0v) is 17.0. The lowest BCUT2D eigenvalue weighted by Gasteiger charge is -2.27. The topological polar surface area (TPSA) is 139 Å². The van der Waals surface area contributed by atoms with Crippen molar-refractivity contribution in [3.63, 3.8) is 0 Å². The summed E-state index contributed by atoms with van der Waals surface area (Å²) in [6.45, 7) is 5.34. The van der Waals surface area contributed by atoms with Crippen LogP contribution in [0.2, 0.25) is 0 Å². The van der Waals surface area contributed by atoms with Crippen molar-refractivity contribution in [2.24, 2.45) is 0 Å². The van der Waals surface area contributed by atoms with Crippen LogP contribution in [0, 0.1) is 24.0 Å². The van der Waals surface area contributed by atoms with Gasteiger partial charge in [-0.15, -0.1) is 0 Å². The van der Waals surface area contributed by atoms with Gasteiger partial charge >= 0.3 is 6.03 Å². The van der Waals surface area contributed by atoms with Gasteiger partial charge in [-0.3, -0.25) is 25.0 Å². The van der Waals surface area contributed by atoms with E-state index in [2.05, 4.69) is 5.32 Å². The van der Waals surface area contributed by atoms with Gasteiger partial charge in [-0.25, -0.2) is 9.69 Å². The lowest BCUT2D eigenvalue weighted by molar-refractivity contribution is -0.385. The van der Waals surface area contributed by atoms with Crippen molar-refractivity contribution in [1.29, 1.82) is 0 Å². The molecule has 2 aromatic carbocycles. The molecule has 1 aliphatic heterocycles. The van der Waals surface area contributed by atoms with Crippen LogP contribution in [0.25, 0.3) is 6.08 Å². The fourth-order valence-electron chi connectivity index (χ4n) is 3.22. The van der Waals surface area contributed by atoms with Gasteiger partial charge in [-0.2, -0.15) is 0 Å². The molecule has 0 aliphatic carbocycles. The van der Waals surface area contributed by atoms with Gasteiger partial charge in [0.1, 0.15) is 5.57 Å². The minimum atomic E-state index is -0.987. The number of imide groups is 2. The van der Waals surface area contributed by atoms with Crippen molar-refractivity contribution < 1.29 is 29.2 Å². The molecule has 160 valence electrons. The molecule has 1 heterocycles. The maximum absolute atomic E-state index is 13.0. The van der Waals surface area contributed by atoms with E-state index in [1.54, 1.807) is 32.9 Å². The van der Waals surface area contributed by atoms with E-state index in [4.69, 9.17) is 4.74 Å². The number of phenolic OH excluding ortho intramolecular Hbond substituents is 1. The van der Waals surface area contributed by atoms with Crippen LogP contribution >= 0.6 is 0 Å². The quantitative estimate of drug-likeness (QED) is 0.325. The number of nitro benzene ring substituents is 1. The van der Waals surface area contributed by atoms with E-state index in [1.165, 1.54) is 0 Å². The number of aromatic hydroxyl groups is 1. The smallest absolute Gasteiger partial charge is 0.335 e. The minimum absolute atomic E-state index is 0.124. The molecule has 0 atom stereocenters. The first kappa shape index (κ1) is 21.5. The SMILES string of the molecule is CCOc1cc([N+](=O)[O-])cc(/C=C2\C(=O)NC(=O)N(c3cc(C)cc(C)c3)C2=O)c1O. The van der Waals surface area contributed by atoms with Gasteiger partial charge in [0.05, 0.1) is 23.3 Å². The number of urea groups is 1. The number of aryl methyl sites for hydroxylation is 2. The molecule has 1 aliphatic rings. The number of benzene rings is 2. The summed E-state index contributed by atoms with van der Waals surface area (Å²) in [6, 6.07) is 6.19. The van der Waals surface area contributed by atoms with E-state index < -0.39 is 39.8 Å². The predicted molar refractivity (Wildman–Crippen MR) is 111 cm³/mol. The zero-order chi connectivity index (χ0) is 22.9. The van der Waals surface area contributed by atoms with Crippen molar-refractivity contribution in [3.8, 4) is 11.5 Å². The number of nitrogens with zero attached hydrogens (tertiary/aromatic N) is 2. The highest BCUT2D eigenvalue weighted by molar-refractivity contribution is 6.39. The standard InChI is InChI=1S/C21H19N3O7/c1-4-31-17-10-15(24(29)30)8-13(18(17)25)9-16-19(26)22-21(28)23(20(16)27)14-6-11(2)5-12(3)7-14/h5-10,25H,4H2,1-3H3,(H,22,26,28)/b16-9+. The molecule has 1 saturated heterocycles. The van der Waals surface area contributed by atoms with E-state index in [1.807, 2.05) is 6.07 Å². The molecule has 10 nitrogen and oxygen atoms in total. The highest BCUT2D eigenvalue weighted by atomic mass is 16.6. The maximum Gasteiger partial charge on any atom is 0.335 e. The largest absolute Gasteiger partial charge is 0.504 e. The van der Waals surface area contributed by atoms with Gasteiger partial charge in [0.25, 0.3) is 17.5 Å². The van der Waals surface area contributed by atoms with Crippen LogP contribution < -0.4 is 15.0 Å². The summed E-state index contributed by atoms with van der Waals surface area (Å²) in [5, 5.41) is 23.7. The monoisotopic (exact) mass is 425 g/mol. The van der Waals surface area contributed by atoms with Crippen molar-refractivity contribution in [1.82, 2.24) is 5.32 Å². The number of hydrogen-bond donors (Lipinski definition) is 2. The molecular weight excluding hydrogens is 406 g/mol. The number of nitro groups is 1. The number of carbonyl (C=O) groups is 3.